The fraction of sp³-hybridized carbons (Fsp3) is 0.364. The van der Waals surface area contributed by atoms with Gasteiger partial charge in [-0.15, -0.1) is 0 Å². The third-order valence-electron chi connectivity index (χ3n) is 3.12. The van der Waals surface area contributed by atoms with Crippen molar-refractivity contribution >= 4 is 16.0 Å². The lowest BCUT2D eigenvalue weighted by molar-refractivity contribution is 0.463. The highest BCUT2D eigenvalue weighted by Crippen LogP contribution is 2.18. The highest BCUT2D eigenvalue weighted by atomic mass is 32.2. The molecule has 106 valence electrons. The lowest BCUT2D eigenvalue weighted by Crippen LogP contribution is -2.33. The molecule has 3 heterocycles. The molecule has 0 radical (unpaired) electrons. The lowest BCUT2D eigenvalue weighted by Gasteiger charge is -2.14. The summed E-state index contributed by atoms with van der Waals surface area (Å²) in [6.07, 6.45) is 6.10. The summed E-state index contributed by atoms with van der Waals surface area (Å²) in [5, 5.41) is 3.90. The van der Waals surface area contributed by atoms with Gasteiger partial charge in [0, 0.05) is 19.3 Å². The fourth-order valence-corrected chi connectivity index (χ4v) is 3.46. The van der Waals surface area contributed by atoms with Crippen molar-refractivity contribution in [3.63, 3.8) is 0 Å². The predicted molar refractivity (Wildman–Crippen MR) is 72.8 cm³/mol. The van der Waals surface area contributed by atoms with Gasteiger partial charge in [-0.3, -0.25) is 0 Å². The molecule has 2 aromatic heterocycles. The SMILES string of the molecule is Nc1ccnc(-c2cnn(S(=O)(=O)N3CCCC3)c2)n1. The van der Waals surface area contributed by atoms with Crippen LogP contribution in [0.25, 0.3) is 11.4 Å². The number of nitrogens with zero attached hydrogens (tertiary/aromatic N) is 5. The van der Waals surface area contributed by atoms with E-state index >= 15 is 0 Å². The normalized spacial score (nSPS) is 16.6. The highest BCUT2D eigenvalue weighted by Gasteiger charge is 2.27. The average Bonchev–Trinajstić information content (AvgIpc) is 3.11. The summed E-state index contributed by atoms with van der Waals surface area (Å²) >= 11 is 0. The molecule has 3 rings (SSSR count). The Morgan fingerprint density at radius 3 is 2.70 bits per heavy atom. The monoisotopic (exact) mass is 294 g/mol. The molecule has 2 N–H and O–H groups in total. The maximum absolute atomic E-state index is 12.3. The first-order valence-corrected chi connectivity index (χ1v) is 7.61. The molecule has 0 atom stereocenters. The van der Waals surface area contributed by atoms with Crippen molar-refractivity contribution in [2.75, 3.05) is 18.8 Å². The Kier molecular flexibility index (Phi) is 3.14. The molecule has 8 nitrogen and oxygen atoms in total. The van der Waals surface area contributed by atoms with E-state index in [9.17, 15) is 8.42 Å². The van der Waals surface area contributed by atoms with Crippen LogP contribution < -0.4 is 5.73 Å². The Hall–Kier alpha value is -2.00. The number of hydrogen-bond donors (Lipinski definition) is 1. The molecule has 0 aromatic carbocycles. The molecule has 1 saturated heterocycles. The van der Waals surface area contributed by atoms with E-state index in [0.717, 1.165) is 16.9 Å². The summed E-state index contributed by atoms with van der Waals surface area (Å²) in [5.74, 6) is 0.679. The zero-order chi connectivity index (χ0) is 14.2. The first kappa shape index (κ1) is 13.0. The Bertz CT molecular complexity index is 720. The van der Waals surface area contributed by atoms with E-state index in [1.807, 2.05) is 0 Å². The van der Waals surface area contributed by atoms with Gasteiger partial charge in [-0.2, -0.15) is 21.9 Å². The van der Waals surface area contributed by atoms with Crippen LogP contribution in [0.1, 0.15) is 12.8 Å². The van der Waals surface area contributed by atoms with Crippen LogP contribution in [-0.4, -0.2) is 45.0 Å². The maximum Gasteiger partial charge on any atom is 0.322 e. The molecular weight excluding hydrogens is 280 g/mol. The summed E-state index contributed by atoms with van der Waals surface area (Å²) in [6, 6.07) is 1.56. The first-order chi connectivity index (χ1) is 9.57. The van der Waals surface area contributed by atoms with Crippen molar-refractivity contribution in [1.82, 2.24) is 23.5 Å². The summed E-state index contributed by atoms with van der Waals surface area (Å²) in [6.45, 7) is 1.07. The highest BCUT2D eigenvalue weighted by molar-refractivity contribution is 7.87. The van der Waals surface area contributed by atoms with Crippen LogP contribution in [0.15, 0.2) is 24.7 Å². The van der Waals surface area contributed by atoms with E-state index in [0.29, 0.717) is 30.3 Å². The third-order valence-corrected chi connectivity index (χ3v) is 4.81. The standard InChI is InChI=1S/C11H14N6O2S/c12-10-3-4-13-11(15-10)9-7-14-17(8-9)20(18,19)16-5-1-2-6-16/h3-4,7-8H,1-2,5-6H2,(H2,12,13,15). The number of nitrogen functional groups attached to an aromatic ring is 1. The van der Waals surface area contributed by atoms with Crippen LogP contribution >= 0.6 is 0 Å². The third kappa shape index (κ3) is 2.25. The van der Waals surface area contributed by atoms with Crippen LogP contribution in [0.3, 0.4) is 0 Å². The molecule has 0 aliphatic carbocycles. The van der Waals surface area contributed by atoms with Gasteiger partial charge in [0.05, 0.1) is 18.0 Å². The van der Waals surface area contributed by atoms with Gasteiger partial charge in [0.1, 0.15) is 5.82 Å². The molecule has 20 heavy (non-hydrogen) atoms. The van der Waals surface area contributed by atoms with Gasteiger partial charge in [-0.05, 0) is 18.9 Å². The first-order valence-electron chi connectivity index (χ1n) is 6.21. The number of aromatic nitrogens is 4. The van der Waals surface area contributed by atoms with Crippen LogP contribution in [0, 0.1) is 0 Å². The Balaban J connectivity index is 1.94. The minimum Gasteiger partial charge on any atom is -0.384 e. The van der Waals surface area contributed by atoms with Crippen LogP contribution in [0.5, 0.6) is 0 Å². The fourth-order valence-electron chi connectivity index (χ4n) is 2.10. The van der Waals surface area contributed by atoms with E-state index < -0.39 is 10.2 Å². The van der Waals surface area contributed by atoms with Crippen molar-refractivity contribution in [3.8, 4) is 11.4 Å². The summed E-state index contributed by atoms with van der Waals surface area (Å²) in [5.41, 5.74) is 6.10. The van der Waals surface area contributed by atoms with E-state index in [1.54, 1.807) is 6.07 Å². The van der Waals surface area contributed by atoms with E-state index in [-0.39, 0.29) is 0 Å². The minimum atomic E-state index is -3.58. The van der Waals surface area contributed by atoms with Crippen molar-refractivity contribution in [2.45, 2.75) is 12.8 Å². The molecule has 0 amide bonds. The zero-order valence-electron chi connectivity index (χ0n) is 10.7. The predicted octanol–water partition coefficient (Wildman–Crippen LogP) is 0.111. The Morgan fingerprint density at radius 2 is 2.00 bits per heavy atom. The lowest BCUT2D eigenvalue weighted by atomic mass is 10.3. The van der Waals surface area contributed by atoms with Crippen molar-refractivity contribution < 1.29 is 8.42 Å². The van der Waals surface area contributed by atoms with Crippen molar-refractivity contribution in [1.29, 1.82) is 0 Å². The molecule has 2 aromatic rings. The molecule has 1 aliphatic heterocycles. The molecule has 0 saturated carbocycles. The molecule has 1 fully saturated rings. The second-order valence-corrected chi connectivity index (χ2v) is 6.31. The van der Waals surface area contributed by atoms with Gasteiger partial charge in [-0.1, -0.05) is 0 Å². The number of hydrogen-bond acceptors (Lipinski definition) is 6. The maximum atomic E-state index is 12.3. The van der Waals surface area contributed by atoms with Crippen LogP contribution in [-0.2, 0) is 10.2 Å². The topological polar surface area (TPSA) is 107 Å². The van der Waals surface area contributed by atoms with Gasteiger partial charge in [0.15, 0.2) is 5.82 Å². The second-order valence-electron chi connectivity index (χ2n) is 4.52. The van der Waals surface area contributed by atoms with Gasteiger partial charge in [-0.25, -0.2) is 9.97 Å². The Labute approximate surface area is 116 Å². The smallest absolute Gasteiger partial charge is 0.322 e. The average molecular weight is 294 g/mol. The number of anilines is 1. The second kappa shape index (κ2) is 4.84. The van der Waals surface area contributed by atoms with E-state index in [4.69, 9.17) is 5.73 Å². The number of nitrogens with two attached hydrogens (primary N) is 1. The van der Waals surface area contributed by atoms with Crippen molar-refractivity contribution in [3.05, 3.63) is 24.7 Å². The molecule has 9 heteroatoms. The Morgan fingerprint density at radius 1 is 1.25 bits per heavy atom. The molecule has 0 unspecified atom stereocenters. The zero-order valence-corrected chi connectivity index (χ0v) is 11.5. The number of rotatable bonds is 3. The molecule has 0 bridgehead atoms. The summed E-state index contributed by atoms with van der Waals surface area (Å²) < 4.78 is 27.0. The van der Waals surface area contributed by atoms with Crippen LogP contribution in [0.2, 0.25) is 0 Å². The molecule has 0 spiro atoms. The van der Waals surface area contributed by atoms with Gasteiger partial charge in [0.25, 0.3) is 0 Å². The molecular formula is C11H14N6O2S. The molecule has 1 aliphatic rings. The van der Waals surface area contributed by atoms with Gasteiger partial charge in [0.2, 0.25) is 0 Å². The van der Waals surface area contributed by atoms with Crippen molar-refractivity contribution in [2.24, 2.45) is 0 Å². The van der Waals surface area contributed by atoms with Crippen LogP contribution in [0.4, 0.5) is 5.82 Å². The minimum absolute atomic E-state index is 0.324. The summed E-state index contributed by atoms with van der Waals surface area (Å²) in [4.78, 5) is 8.09. The van der Waals surface area contributed by atoms with Gasteiger partial charge >= 0.3 is 10.2 Å². The quantitative estimate of drug-likeness (QED) is 0.861. The van der Waals surface area contributed by atoms with Gasteiger partial charge < -0.3 is 5.73 Å². The largest absolute Gasteiger partial charge is 0.384 e. The van der Waals surface area contributed by atoms with E-state index in [2.05, 4.69) is 15.1 Å². The summed E-state index contributed by atoms with van der Waals surface area (Å²) in [7, 11) is -3.58. The van der Waals surface area contributed by atoms with E-state index in [1.165, 1.54) is 22.9 Å².